The van der Waals surface area contributed by atoms with Crippen molar-refractivity contribution in [2.24, 2.45) is 0 Å². The molecule has 0 saturated heterocycles. The molecule has 1 aliphatic carbocycles. The number of carbonyl (C=O) groups is 1. The van der Waals surface area contributed by atoms with Crippen LogP contribution < -0.4 is 10.1 Å². The smallest absolute Gasteiger partial charge is 0.269 e. The lowest BCUT2D eigenvalue weighted by molar-refractivity contribution is -0.384. The molecule has 7 nitrogen and oxygen atoms in total. The Balaban J connectivity index is 1.55. The normalized spacial score (nSPS) is 14.6. The predicted octanol–water partition coefficient (Wildman–Crippen LogP) is 4.38. The summed E-state index contributed by atoms with van der Waals surface area (Å²) in [5.74, 6) is 0.146. The van der Waals surface area contributed by atoms with E-state index in [0.717, 1.165) is 17.8 Å². The van der Waals surface area contributed by atoms with Crippen LogP contribution in [0.5, 0.6) is 5.75 Å². The van der Waals surface area contributed by atoms with Crippen molar-refractivity contribution >= 4 is 17.3 Å². The lowest BCUT2D eigenvalue weighted by atomic mass is 9.94. The predicted molar refractivity (Wildman–Crippen MR) is 112 cm³/mol. The summed E-state index contributed by atoms with van der Waals surface area (Å²) >= 11 is 0. The Morgan fingerprint density at radius 2 is 1.83 bits per heavy atom. The lowest BCUT2D eigenvalue weighted by Gasteiger charge is -2.31. The molecule has 1 amide bonds. The van der Waals surface area contributed by atoms with Crippen LogP contribution in [0.2, 0.25) is 0 Å². The highest BCUT2D eigenvalue weighted by molar-refractivity contribution is 5.92. The zero-order valence-corrected chi connectivity index (χ0v) is 16.7. The number of ether oxygens (including phenoxy) is 1. The Kier molecular flexibility index (Phi) is 7.19. The van der Waals surface area contributed by atoms with E-state index in [9.17, 15) is 14.9 Å². The van der Waals surface area contributed by atoms with Crippen molar-refractivity contribution in [2.45, 2.75) is 44.7 Å². The molecule has 1 aliphatic rings. The van der Waals surface area contributed by atoms with Crippen molar-refractivity contribution in [1.29, 1.82) is 0 Å². The average molecular weight is 397 g/mol. The highest BCUT2D eigenvalue weighted by Gasteiger charge is 2.19. The third-order valence-electron chi connectivity index (χ3n) is 5.33. The fraction of sp³-hybridized carbons (Fsp3) is 0.409. The van der Waals surface area contributed by atoms with E-state index in [0.29, 0.717) is 11.8 Å². The van der Waals surface area contributed by atoms with Gasteiger partial charge in [0.25, 0.3) is 11.6 Å². The van der Waals surface area contributed by atoms with Crippen LogP contribution in [0.3, 0.4) is 0 Å². The van der Waals surface area contributed by atoms with Crippen LogP contribution in [0.15, 0.2) is 48.5 Å². The van der Waals surface area contributed by atoms with Crippen LogP contribution in [0, 0.1) is 10.1 Å². The first-order valence-electron chi connectivity index (χ1n) is 9.98. The summed E-state index contributed by atoms with van der Waals surface area (Å²) in [6.45, 7) is 0.620. The molecule has 2 aromatic carbocycles. The summed E-state index contributed by atoms with van der Waals surface area (Å²) < 4.78 is 5.45. The SMILES string of the molecule is CN(Cc1ccccc1NC(=O)COc1ccc([N+](=O)[O-])cc1)C1CCCCC1. The maximum absolute atomic E-state index is 12.3. The van der Waals surface area contributed by atoms with E-state index in [1.165, 1.54) is 56.4 Å². The van der Waals surface area contributed by atoms with E-state index < -0.39 is 4.92 Å². The van der Waals surface area contributed by atoms with Gasteiger partial charge in [0.1, 0.15) is 5.75 Å². The minimum atomic E-state index is -0.474. The van der Waals surface area contributed by atoms with Crippen LogP contribution in [0.1, 0.15) is 37.7 Å². The van der Waals surface area contributed by atoms with Crippen LogP contribution in [-0.2, 0) is 11.3 Å². The number of nitrogens with zero attached hydrogens (tertiary/aromatic N) is 2. The molecule has 0 aromatic heterocycles. The molecule has 0 bridgehead atoms. The maximum Gasteiger partial charge on any atom is 0.269 e. The standard InChI is InChI=1S/C22H27N3O4/c1-24(18-8-3-2-4-9-18)15-17-7-5-6-10-21(17)23-22(26)16-29-20-13-11-19(12-14-20)25(27)28/h5-7,10-14,18H,2-4,8-9,15-16H2,1H3,(H,23,26). The summed E-state index contributed by atoms with van der Waals surface area (Å²) in [6, 6.07) is 14.1. The topological polar surface area (TPSA) is 84.7 Å². The largest absolute Gasteiger partial charge is 0.484 e. The van der Waals surface area contributed by atoms with E-state index in [1.807, 2.05) is 24.3 Å². The number of rotatable bonds is 8. The van der Waals surface area contributed by atoms with E-state index in [2.05, 4.69) is 17.3 Å². The Morgan fingerprint density at radius 1 is 1.14 bits per heavy atom. The van der Waals surface area contributed by atoms with E-state index in [4.69, 9.17) is 4.74 Å². The van der Waals surface area contributed by atoms with Crippen molar-refractivity contribution in [3.8, 4) is 5.75 Å². The maximum atomic E-state index is 12.3. The molecule has 3 rings (SSSR count). The number of amides is 1. The average Bonchev–Trinajstić information content (AvgIpc) is 2.74. The van der Waals surface area contributed by atoms with Gasteiger partial charge in [-0.25, -0.2) is 0 Å². The van der Waals surface area contributed by atoms with Gasteiger partial charge in [0.2, 0.25) is 0 Å². The van der Waals surface area contributed by atoms with Gasteiger partial charge >= 0.3 is 0 Å². The third kappa shape index (κ3) is 6.02. The van der Waals surface area contributed by atoms with Crippen LogP contribution in [0.25, 0.3) is 0 Å². The van der Waals surface area contributed by atoms with Gasteiger partial charge < -0.3 is 10.1 Å². The highest BCUT2D eigenvalue weighted by Crippen LogP contribution is 2.25. The number of hydrogen-bond donors (Lipinski definition) is 1. The summed E-state index contributed by atoms with van der Waals surface area (Å²) in [4.78, 5) is 24.9. The van der Waals surface area contributed by atoms with Crippen molar-refractivity contribution in [3.63, 3.8) is 0 Å². The second-order valence-corrected chi connectivity index (χ2v) is 7.45. The molecule has 1 saturated carbocycles. The van der Waals surface area contributed by atoms with Gasteiger partial charge in [-0.1, -0.05) is 37.5 Å². The number of nitro groups is 1. The molecule has 29 heavy (non-hydrogen) atoms. The van der Waals surface area contributed by atoms with Crippen LogP contribution in [-0.4, -0.2) is 35.4 Å². The number of nitro benzene ring substituents is 1. The number of para-hydroxylation sites is 1. The number of anilines is 1. The molecule has 0 radical (unpaired) electrons. The number of non-ortho nitro benzene ring substituents is 1. The summed E-state index contributed by atoms with van der Waals surface area (Å²) in [5.41, 5.74) is 1.84. The number of carbonyl (C=O) groups excluding carboxylic acids is 1. The molecule has 0 atom stereocenters. The van der Waals surface area contributed by atoms with E-state index in [1.54, 1.807) is 0 Å². The van der Waals surface area contributed by atoms with Crippen molar-refractivity contribution in [1.82, 2.24) is 4.90 Å². The summed E-state index contributed by atoms with van der Waals surface area (Å²) in [6.07, 6.45) is 6.36. The minimum Gasteiger partial charge on any atom is -0.484 e. The number of hydrogen-bond acceptors (Lipinski definition) is 5. The molecular weight excluding hydrogens is 370 g/mol. The van der Waals surface area contributed by atoms with Crippen LogP contribution in [0.4, 0.5) is 11.4 Å². The molecule has 0 heterocycles. The van der Waals surface area contributed by atoms with Crippen molar-refractivity contribution < 1.29 is 14.5 Å². The van der Waals surface area contributed by atoms with Gasteiger partial charge in [0.15, 0.2) is 6.61 Å². The van der Waals surface area contributed by atoms with Gasteiger partial charge in [-0.05, 0) is 43.7 Å². The van der Waals surface area contributed by atoms with Gasteiger partial charge in [0, 0.05) is 30.4 Å². The Labute approximate surface area is 170 Å². The van der Waals surface area contributed by atoms with Crippen LogP contribution >= 0.6 is 0 Å². The second kappa shape index (κ2) is 10.0. The summed E-state index contributed by atoms with van der Waals surface area (Å²) in [5, 5.41) is 13.6. The first-order chi connectivity index (χ1) is 14.0. The molecule has 1 N–H and O–H groups in total. The van der Waals surface area contributed by atoms with Crippen molar-refractivity contribution in [2.75, 3.05) is 19.0 Å². The fourth-order valence-electron chi connectivity index (χ4n) is 3.70. The van der Waals surface area contributed by atoms with Crippen molar-refractivity contribution in [3.05, 3.63) is 64.2 Å². The Bertz CT molecular complexity index is 832. The zero-order valence-electron chi connectivity index (χ0n) is 16.7. The minimum absolute atomic E-state index is 0.0159. The monoisotopic (exact) mass is 397 g/mol. The van der Waals surface area contributed by atoms with Gasteiger partial charge in [0.05, 0.1) is 4.92 Å². The summed E-state index contributed by atoms with van der Waals surface area (Å²) in [7, 11) is 2.15. The van der Waals surface area contributed by atoms with Gasteiger partial charge in [-0.2, -0.15) is 0 Å². The quantitative estimate of drug-likeness (QED) is 0.528. The molecule has 154 valence electrons. The number of benzene rings is 2. The molecule has 0 spiro atoms. The molecule has 0 aliphatic heterocycles. The third-order valence-corrected chi connectivity index (χ3v) is 5.33. The van der Waals surface area contributed by atoms with E-state index in [-0.39, 0.29) is 18.2 Å². The molecular formula is C22H27N3O4. The first kappa shape index (κ1) is 20.8. The molecule has 1 fully saturated rings. The fourth-order valence-corrected chi connectivity index (χ4v) is 3.70. The number of nitrogens with one attached hydrogen (secondary N) is 1. The zero-order chi connectivity index (χ0) is 20.6. The Hall–Kier alpha value is -2.93. The Morgan fingerprint density at radius 3 is 2.52 bits per heavy atom. The molecule has 2 aromatic rings. The first-order valence-corrected chi connectivity index (χ1v) is 9.98. The second-order valence-electron chi connectivity index (χ2n) is 7.45. The lowest BCUT2D eigenvalue weighted by Crippen LogP contribution is -2.33. The van der Waals surface area contributed by atoms with Gasteiger partial charge in [-0.3, -0.25) is 19.8 Å². The van der Waals surface area contributed by atoms with E-state index >= 15 is 0 Å². The molecule has 0 unspecified atom stereocenters. The highest BCUT2D eigenvalue weighted by atomic mass is 16.6. The van der Waals surface area contributed by atoms with Gasteiger partial charge in [-0.15, -0.1) is 0 Å². The molecule has 7 heteroatoms.